The molecule has 0 atom stereocenters. The summed E-state index contributed by atoms with van der Waals surface area (Å²) >= 11 is 0. The second-order valence-electron chi connectivity index (χ2n) is 7.15. The maximum absolute atomic E-state index is 12.2. The van der Waals surface area contributed by atoms with Gasteiger partial charge >= 0.3 is 0 Å². The molecule has 0 fully saturated rings. The van der Waals surface area contributed by atoms with E-state index in [1.807, 2.05) is 19.1 Å². The highest BCUT2D eigenvalue weighted by Crippen LogP contribution is 2.32. The smallest absolute Gasteiger partial charge is 0.259 e. The molecule has 2 amide bonds. The monoisotopic (exact) mass is 411 g/mol. The van der Waals surface area contributed by atoms with Crippen LogP contribution in [0.15, 0.2) is 35.4 Å². The molecule has 8 heteroatoms. The molecule has 0 unspecified atom stereocenters. The van der Waals surface area contributed by atoms with Gasteiger partial charge < -0.3 is 19.5 Å². The largest absolute Gasteiger partial charge is 0.496 e. The van der Waals surface area contributed by atoms with Crippen molar-refractivity contribution in [1.29, 1.82) is 0 Å². The van der Waals surface area contributed by atoms with Crippen molar-refractivity contribution in [3.63, 3.8) is 0 Å². The van der Waals surface area contributed by atoms with Crippen molar-refractivity contribution < 1.29 is 23.8 Å². The Hall–Kier alpha value is -3.55. The number of fused-ring (bicyclic) bond motifs is 1. The highest BCUT2D eigenvalue weighted by atomic mass is 16.7. The third-order valence-corrected chi connectivity index (χ3v) is 4.68. The molecule has 3 rings (SSSR count). The van der Waals surface area contributed by atoms with Crippen molar-refractivity contribution in [2.45, 2.75) is 26.7 Å². The first-order valence-corrected chi connectivity index (χ1v) is 9.57. The molecule has 2 aromatic rings. The number of methoxy groups -OCH3 is 1. The summed E-state index contributed by atoms with van der Waals surface area (Å²) in [4.78, 5) is 24.2. The molecular weight excluding hydrogens is 386 g/mol. The van der Waals surface area contributed by atoms with Crippen LogP contribution in [0.4, 0.5) is 0 Å². The lowest BCUT2D eigenvalue weighted by Crippen LogP contribution is -2.34. The first-order chi connectivity index (χ1) is 14.4. The number of ether oxygens (including phenoxy) is 3. The molecule has 0 spiro atoms. The van der Waals surface area contributed by atoms with Crippen LogP contribution < -0.4 is 25.0 Å². The minimum absolute atomic E-state index is 0.132. The van der Waals surface area contributed by atoms with Gasteiger partial charge in [-0.15, -0.1) is 0 Å². The Balaban J connectivity index is 1.55. The van der Waals surface area contributed by atoms with E-state index in [2.05, 4.69) is 29.7 Å². The molecule has 0 aromatic heterocycles. The minimum Gasteiger partial charge on any atom is -0.496 e. The number of carbonyl (C=O) groups excluding carboxylic acids is 2. The summed E-state index contributed by atoms with van der Waals surface area (Å²) < 4.78 is 15.9. The van der Waals surface area contributed by atoms with Crippen LogP contribution in [0.5, 0.6) is 17.2 Å². The van der Waals surface area contributed by atoms with Gasteiger partial charge in [0.15, 0.2) is 11.5 Å². The summed E-state index contributed by atoms with van der Waals surface area (Å²) in [6.45, 7) is 6.04. The Labute approximate surface area is 175 Å². The third kappa shape index (κ3) is 4.89. The van der Waals surface area contributed by atoms with E-state index in [-0.39, 0.29) is 25.2 Å². The molecule has 30 heavy (non-hydrogen) atoms. The Kier molecular flexibility index (Phi) is 6.56. The van der Waals surface area contributed by atoms with Crippen LogP contribution in [-0.2, 0) is 4.79 Å². The van der Waals surface area contributed by atoms with Crippen molar-refractivity contribution >= 4 is 18.0 Å². The normalized spacial score (nSPS) is 12.3. The second-order valence-corrected chi connectivity index (χ2v) is 7.15. The molecule has 158 valence electrons. The van der Waals surface area contributed by atoms with Crippen LogP contribution in [-0.4, -0.2) is 38.5 Å². The number of nitrogens with zero attached hydrogens (tertiary/aromatic N) is 1. The number of aryl methyl sites for hydroxylation is 1. The van der Waals surface area contributed by atoms with Gasteiger partial charge in [-0.25, -0.2) is 5.43 Å². The summed E-state index contributed by atoms with van der Waals surface area (Å²) in [5, 5.41) is 6.55. The van der Waals surface area contributed by atoms with Crippen LogP contribution >= 0.6 is 0 Å². The standard InChI is InChI=1S/C22H25N3O5/c1-13(2)17-8-16(14(3)7-19(17)28-4)10-24-25-21(26)11-23-22(27)15-5-6-18-20(9-15)30-12-29-18/h5-10,13H,11-12H2,1-4H3,(H,23,27)(H,25,26)/b24-10+. The number of hydrazone groups is 1. The van der Waals surface area contributed by atoms with Gasteiger partial charge in [-0.3, -0.25) is 9.59 Å². The molecule has 1 aliphatic rings. The fourth-order valence-electron chi connectivity index (χ4n) is 3.00. The zero-order chi connectivity index (χ0) is 21.7. The summed E-state index contributed by atoms with van der Waals surface area (Å²) in [5.74, 6) is 1.39. The van der Waals surface area contributed by atoms with E-state index < -0.39 is 5.91 Å². The molecule has 0 radical (unpaired) electrons. The van der Waals surface area contributed by atoms with Crippen molar-refractivity contribution in [3.8, 4) is 17.2 Å². The number of hydrogen-bond acceptors (Lipinski definition) is 6. The summed E-state index contributed by atoms with van der Waals surface area (Å²) in [5.41, 5.74) is 5.72. The van der Waals surface area contributed by atoms with Gasteiger partial charge in [-0.1, -0.05) is 13.8 Å². The quantitative estimate of drug-likeness (QED) is 0.539. The van der Waals surface area contributed by atoms with Crippen molar-refractivity contribution in [2.24, 2.45) is 5.10 Å². The van der Waals surface area contributed by atoms with Crippen LogP contribution in [0, 0.1) is 6.92 Å². The Bertz CT molecular complexity index is 985. The maximum Gasteiger partial charge on any atom is 0.259 e. The number of rotatable bonds is 7. The zero-order valence-electron chi connectivity index (χ0n) is 17.4. The molecule has 2 aromatic carbocycles. The topological polar surface area (TPSA) is 98.2 Å². The number of hydrogen-bond donors (Lipinski definition) is 2. The van der Waals surface area contributed by atoms with E-state index >= 15 is 0 Å². The van der Waals surface area contributed by atoms with Crippen molar-refractivity contribution in [1.82, 2.24) is 10.7 Å². The Morgan fingerprint density at radius 3 is 2.70 bits per heavy atom. The molecule has 8 nitrogen and oxygen atoms in total. The summed E-state index contributed by atoms with van der Waals surface area (Å²) in [6.07, 6.45) is 1.58. The lowest BCUT2D eigenvalue weighted by Gasteiger charge is -2.14. The molecule has 1 aliphatic heterocycles. The van der Waals surface area contributed by atoms with Gasteiger partial charge in [0, 0.05) is 5.56 Å². The van der Waals surface area contributed by atoms with Gasteiger partial charge in [-0.05, 0) is 59.9 Å². The Morgan fingerprint density at radius 1 is 1.20 bits per heavy atom. The average molecular weight is 411 g/mol. The van der Waals surface area contributed by atoms with Crippen LogP contribution in [0.2, 0.25) is 0 Å². The highest BCUT2D eigenvalue weighted by molar-refractivity contribution is 5.97. The minimum atomic E-state index is -0.435. The lowest BCUT2D eigenvalue weighted by atomic mass is 9.97. The van der Waals surface area contributed by atoms with Gasteiger partial charge in [0.2, 0.25) is 6.79 Å². The van der Waals surface area contributed by atoms with Gasteiger partial charge in [0.05, 0.1) is 19.9 Å². The molecule has 0 saturated heterocycles. The molecule has 0 bridgehead atoms. The van der Waals surface area contributed by atoms with Crippen LogP contribution in [0.25, 0.3) is 0 Å². The van der Waals surface area contributed by atoms with Gasteiger partial charge in [0.1, 0.15) is 5.75 Å². The highest BCUT2D eigenvalue weighted by Gasteiger charge is 2.16. The maximum atomic E-state index is 12.2. The second kappa shape index (κ2) is 9.30. The molecule has 1 heterocycles. The van der Waals surface area contributed by atoms with Crippen LogP contribution in [0.3, 0.4) is 0 Å². The molecule has 0 aliphatic carbocycles. The lowest BCUT2D eigenvalue weighted by molar-refractivity contribution is -0.120. The zero-order valence-corrected chi connectivity index (χ0v) is 17.4. The third-order valence-electron chi connectivity index (χ3n) is 4.68. The molecular formula is C22H25N3O5. The van der Waals surface area contributed by atoms with Crippen molar-refractivity contribution in [3.05, 3.63) is 52.6 Å². The Morgan fingerprint density at radius 2 is 1.97 bits per heavy atom. The number of benzene rings is 2. The number of nitrogens with one attached hydrogen (secondary N) is 2. The predicted octanol–water partition coefficient (Wildman–Crippen LogP) is 2.74. The van der Waals surface area contributed by atoms with Gasteiger partial charge in [-0.2, -0.15) is 5.10 Å². The van der Waals surface area contributed by atoms with Crippen molar-refractivity contribution in [2.75, 3.05) is 20.4 Å². The van der Waals surface area contributed by atoms with E-state index in [1.165, 1.54) is 0 Å². The van der Waals surface area contributed by atoms with Crippen LogP contribution in [0.1, 0.15) is 46.8 Å². The molecule has 2 N–H and O–H groups in total. The molecule has 0 saturated carbocycles. The fraction of sp³-hybridized carbons (Fsp3) is 0.318. The first-order valence-electron chi connectivity index (χ1n) is 9.57. The van der Waals surface area contributed by atoms with E-state index in [4.69, 9.17) is 14.2 Å². The average Bonchev–Trinajstić information content (AvgIpc) is 3.20. The van der Waals surface area contributed by atoms with E-state index in [1.54, 1.807) is 31.5 Å². The summed E-state index contributed by atoms with van der Waals surface area (Å²) in [7, 11) is 1.65. The number of carbonyl (C=O) groups is 2. The summed E-state index contributed by atoms with van der Waals surface area (Å²) in [6, 6.07) is 8.79. The first kappa shape index (κ1) is 21.2. The van der Waals surface area contributed by atoms with Gasteiger partial charge in [0.25, 0.3) is 11.8 Å². The SMILES string of the molecule is COc1cc(C)c(/C=N/NC(=O)CNC(=O)c2ccc3c(c2)OCO3)cc1C(C)C. The number of amides is 2. The van der Waals surface area contributed by atoms with E-state index in [0.717, 1.165) is 22.4 Å². The van der Waals surface area contributed by atoms with E-state index in [9.17, 15) is 9.59 Å². The fourth-order valence-corrected chi connectivity index (χ4v) is 3.00. The van der Waals surface area contributed by atoms with E-state index in [0.29, 0.717) is 17.1 Å². The predicted molar refractivity (Wildman–Crippen MR) is 112 cm³/mol.